The normalized spacial score (nSPS) is 34.3. The zero-order valence-corrected chi connectivity index (χ0v) is 22.9. The van der Waals surface area contributed by atoms with Gasteiger partial charge in [0.15, 0.2) is 0 Å². The predicted octanol–water partition coefficient (Wildman–Crippen LogP) is -3.67. The van der Waals surface area contributed by atoms with Gasteiger partial charge in [0.25, 0.3) is 0 Å². The van der Waals surface area contributed by atoms with Crippen molar-refractivity contribution >= 4 is 0 Å². The average molecular weight is 599 g/mol. The third-order valence-electron chi connectivity index (χ3n) is 8.40. The highest BCUT2D eigenvalue weighted by molar-refractivity contribution is 5.82. The van der Waals surface area contributed by atoms with Crippen LogP contribution in [0.15, 0.2) is 36.4 Å². The highest BCUT2D eigenvalue weighted by atomic mass is 16.5. The molecule has 10 unspecified atom stereocenters. The Hall–Kier alpha value is -2.92. The largest absolute Gasteiger partial charge is 0.395 e. The molecule has 2 aliphatic heterocycles. The number of aliphatic hydroxyl groups is 10. The lowest BCUT2D eigenvalue weighted by atomic mass is 9.79. The number of rotatable bonds is 4. The van der Waals surface area contributed by atoms with E-state index in [4.69, 9.17) is 9.47 Å². The molecule has 10 N–H and O–H groups in total. The average Bonchev–Trinajstić information content (AvgIpc) is 3.30. The Morgan fingerprint density at radius 3 is 1.30 bits per heavy atom. The summed E-state index contributed by atoms with van der Waals surface area (Å²) < 4.78 is 10.9. The summed E-state index contributed by atoms with van der Waals surface area (Å²) in [5, 5.41) is 101. The summed E-state index contributed by atoms with van der Waals surface area (Å²) in [6.45, 7) is -2.08. The third kappa shape index (κ3) is 5.47. The first kappa shape index (κ1) is 31.5. The molecule has 2 fully saturated rings. The molecule has 43 heavy (non-hydrogen) atoms. The van der Waals surface area contributed by atoms with Crippen molar-refractivity contribution in [3.63, 3.8) is 0 Å². The fourth-order valence-corrected chi connectivity index (χ4v) is 5.79. The summed E-state index contributed by atoms with van der Waals surface area (Å²) in [6.07, 6.45) is -13.7. The lowest BCUT2D eigenvalue weighted by molar-refractivity contribution is -0.214. The minimum absolute atomic E-state index is 0.456. The maximum absolute atomic E-state index is 10.6. The molecule has 0 bridgehead atoms. The van der Waals surface area contributed by atoms with Crippen LogP contribution in [-0.2, 0) is 14.9 Å². The summed E-state index contributed by atoms with van der Waals surface area (Å²) >= 11 is 0. The van der Waals surface area contributed by atoms with E-state index in [2.05, 4.69) is 23.7 Å². The number of fused-ring (bicyclic) bond motifs is 3. The van der Waals surface area contributed by atoms with Crippen LogP contribution in [0, 0.1) is 23.7 Å². The molecule has 0 radical (unpaired) electrons. The number of ether oxygens (including phenoxy) is 2. The monoisotopic (exact) mass is 598 g/mol. The smallest absolute Gasteiger partial charge is 0.147 e. The molecule has 2 aromatic carbocycles. The van der Waals surface area contributed by atoms with Crippen LogP contribution >= 0.6 is 0 Å². The van der Waals surface area contributed by atoms with Gasteiger partial charge in [0.05, 0.1) is 31.8 Å². The van der Waals surface area contributed by atoms with Crippen molar-refractivity contribution in [2.24, 2.45) is 0 Å². The van der Waals surface area contributed by atoms with Crippen LogP contribution in [0.3, 0.4) is 0 Å². The lowest BCUT2D eigenvalue weighted by Gasteiger charge is -2.37. The Balaban J connectivity index is 1.45. The molecule has 2 heterocycles. The maximum Gasteiger partial charge on any atom is 0.147 e. The number of hydrogen-bond donors (Lipinski definition) is 10. The van der Waals surface area contributed by atoms with Crippen molar-refractivity contribution in [1.82, 2.24) is 0 Å². The van der Waals surface area contributed by atoms with E-state index in [1.807, 2.05) is 0 Å². The van der Waals surface area contributed by atoms with Gasteiger partial charge in [-0.05, 0) is 46.5 Å². The van der Waals surface area contributed by atoms with Gasteiger partial charge in [-0.15, -0.1) is 0 Å². The van der Waals surface area contributed by atoms with Gasteiger partial charge < -0.3 is 60.5 Å². The fraction of sp³-hybridized carbons (Fsp3) is 0.484. The standard InChI is InChI=1S/C31H34O12/c32-11-23-27(38)29(40)25(36)21(42-23)7-3-15-1-5-17-18-6-2-16(10-20(18)31(13-34,14-35)19(17)9-15)4-8-22-26(37)30(41)28(39)24(12-33)43-22/h1-2,5-6,9-10,21-30,32-41H,11-14H2. The highest BCUT2D eigenvalue weighted by Crippen LogP contribution is 2.49. The quantitative estimate of drug-likeness (QED) is 0.154. The van der Waals surface area contributed by atoms with Gasteiger partial charge >= 0.3 is 0 Å². The van der Waals surface area contributed by atoms with Crippen LogP contribution in [0.5, 0.6) is 0 Å². The molecule has 0 aromatic heterocycles. The summed E-state index contributed by atoms with van der Waals surface area (Å²) in [4.78, 5) is 0. The maximum atomic E-state index is 10.6. The zero-order chi connectivity index (χ0) is 31.1. The van der Waals surface area contributed by atoms with E-state index >= 15 is 0 Å². The van der Waals surface area contributed by atoms with Crippen LogP contribution in [0.1, 0.15) is 22.3 Å². The first-order valence-corrected chi connectivity index (χ1v) is 13.8. The Morgan fingerprint density at radius 1 is 0.558 bits per heavy atom. The number of aliphatic hydroxyl groups excluding tert-OH is 10. The second kappa shape index (κ2) is 12.6. The van der Waals surface area contributed by atoms with Crippen LogP contribution in [-0.4, -0.2) is 139 Å². The Labute approximate surface area is 247 Å². The van der Waals surface area contributed by atoms with Crippen molar-refractivity contribution in [1.29, 1.82) is 0 Å². The van der Waals surface area contributed by atoms with Gasteiger partial charge in [0, 0.05) is 11.1 Å². The summed E-state index contributed by atoms with van der Waals surface area (Å²) in [6, 6.07) is 10.3. The molecular weight excluding hydrogens is 564 g/mol. The molecule has 2 aromatic rings. The molecule has 12 heteroatoms. The second-order valence-corrected chi connectivity index (χ2v) is 11.0. The first-order chi connectivity index (χ1) is 20.6. The minimum Gasteiger partial charge on any atom is -0.395 e. The van der Waals surface area contributed by atoms with Crippen LogP contribution in [0.2, 0.25) is 0 Å². The minimum atomic E-state index is -1.56. The summed E-state index contributed by atoms with van der Waals surface area (Å²) in [7, 11) is 0. The number of benzene rings is 2. The SMILES string of the molecule is OCC1OC(C#Cc2ccc3c(c2)C(CO)(CO)c2cc(C#CC4OC(CO)C(O)C(O)C4O)ccc2-3)C(O)C(O)C1O. The van der Waals surface area contributed by atoms with E-state index in [1.54, 1.807) is 36.4 Å². The molecule has 3 aliphatic rings. The molecule has 0 amide bonds. The molecule has 0 spiro atoms. The van der Waals surface area contributed by atoms with E-state index < -0.39 is 92.9 Å². The van der Waals surface area contributed by atoms with Crippen LogP contribution in [0.4, 0.5) is 0 Å². The van der Waals surface area contributed by atoms with E-state index in [0.29, 0.717) is 22.3 Å². The Bertz CT molecular complexity index is 1340. The van der Waals surface area contributed by atoms with Crippen molar-refractivity contribution < 1.29 is 60.5 Å². The highest BCUT2D eigenvalue weighted by Gasteiger charge is 2.45. The van der Waals surface area contributed by atoms with Crippen molar-refractivity contribution in [3.8, 4) is 34.8 Å². The Morgan fingerprint density at radius 2 is 0.953 bits per heavy atom. The second-order valence-electron chi connectivity index (χ2n) is 11.0. The van der Waals surface area contributed by atoms with E-state index in [1.165, 1.54) is 0 Å². The van der Waals surface area contributed by atoms with Gasteiger partial charge in [-0.3, -0.25) is 0 Å². The molecular formula is C31H34O12. The van der Waals surface area contributed by atoms with Gasteiger partial charge in [-0.25, -0.2) is 0 Å². The molecule has 0 saturated carbocycles. The predicted molar refractivity (Wildman–Crippen MR) is 148 cm³/mol. The van der Waals surface area contributed by atoms with Crippen LogP contribution < -0.4 is 0 Å². The molecule has 5 rings (SSSR count). The topological polar surface area (TPSA) is 221 Å². The van der Waals surface area contributed by atoms with Gasteiger partial charge in [-0.2, -0.15) is 0 Å². The van der Waals surface area contributed by atoms with Crippen molar-refractivity contribution in [2.45, 2.75) is 66.5 Å². The molecule has 12 nitrogen and oxygen atoms in total. The molecule has 10 atom stereocenters. The van der Waals surface area contributed by atoms with Crippen molar-refractivity contribution in [2.75, 3.05) is 26.4 Å². The fourth-order valence-electron chi connectivity index (χ4n) is 5.79. The molecule has 2 saturated heterocycles. The first-order valence-electron chi connectivity index (χ1n) is 13.8. The van der Waals surface area contributed by atoms with Gasteiger partial charge in [0.1, 0.15) is 61.0 Å². The Kier molecular flexibility index (Phi) is 9.23. The molecule has 1 aliphatic carbocycles. The molecule has 230 valence electrons. The summed E-state index contributed by atoms with van der Waals surface area (Å²) in [5.41, 5.74) is 2.34. The van der Waals surface area contributed by atoms with Crippen molar-refractivity contribution in [3.05, 3.63) is 58.7 Å². The van der Waals surface area contributed by atoms with Crippen LogP contribution in [0.25, 0.3) is 11.1 Å². The van der Waals surface area contributed by atoms with E-state index in [-0.39, 0.29) is 0 Å². The third-order valence-corrected chi connectivity index (χ3v) is 8.40. The summed E-state index contributed by atoms with van der Waals surface area (Å²) in [5.74, 6) is 11.2. The number of hydrogen-bond acceptors (Lipinski definition) is 12. The van der Waals surface area contributed by atoms with E-state index in [9.17, 15) is 51.1 Å². The van der Waals surface area contributed by atoms with Gasteiger partial charge in [-0.1, -0.05) is 35.8 Å². The zero-order valence-electron chi connectivity index (χ0n) is 22.9. The van der Waals surface area contributed by atoms with Gasteiger partial charge in [0.2, 0.25) is 0 Å². The lowest BCUT2D eigenvalue weighted by Crippen LogP contribution is -2.58. The van der Waals surface area contributed by atoms with E-state index in [0.717, 1.165) is 11.1 Å².